The van der Waals surface area contributed by atoms with E-state index < -0.39 is 13.0 Å². The summed E-state index contributed by atoms with van der Waals surface area (Å²) in [5.74, 6) is 0.164. The van der Waals surface area contributed by atoms with Crippen molar-refractivity contribution in [2.45, 2.75) is 13.0 Å². The minimum absolute atomic E-state index is 0.0678. The first-order valence-corrected chi connectivity index (χ1v) is 4.83. The van der Waals surface area contributed by atoms with Crippen LogP contribution in [0, 0.1) is 0 Å². The molecule has 0 aromatic carbocycles. The summed E-state index contributed by atoms with van der Waals surface area (Å²) in [6, 6.07) is 1.61. The molecular weight excluding hydrogens is 218 g/mol. The van der Waals surface area contributed by atoms with Gasteiger partial charge in [-0.2, -0.15) is 0 Å². The second-order valence-corrected chi connectivity index (χ2v) is 3.11. The lowest BCUT2D eigenvalue weighted by atomic mass is 10.4. The van der Waals surface area contributed by atoms with E-state index in [1.165, 1.54) is 11.1 Å². The van der Waals surface area contributed by atoms with Gasteiger partial charge in [0.1, 0.15) is 0 Å². The van der Waals surface area contributed by atoms with E-state index in [0.717, 1.165) is 0 Å². The van der Waals surface area contributed by atoms with Crippen LogP contribution in [0.5, 0.6) is 0 Å². The average molecular weight is 232 g/mol. The second kappa shape index (κ2) is 6.29. The number of halogens is 2. The van der Waals surface area contributed by atoms with Gasteiger partial charge in [0.2, 0.25) is 5.95 Å². The first-order valence-electron chi connectivity index (χ1n) is 4.83. The second-order valence-electron chi connectivity index (χ2n) is 3.11. The minimum Gasteiger partial charge on any atom is -0.395 e. The van der Waals surface area contributed by atoms with E-state index in [1.54, 1.807) is 6.07 Å². The van der Waals surface area contributed by atoms with E-state index in [-0.39, 0.29) is 25.6 Å². The van der Waals surface area contributed by atoms with Gasteiger partial charge in [0, 0.05) is 19.3 Å². The molecule has 0 bridgehead atoms. The quantitative estimate of drug-likeness (QED) is 0.722. The van der Waals surface area contributed by atoms with Crippen molar-refractivity contribution in [1.29, 1.82) is 0 Å². The Morgan fingerprint density at radius 2 is 2.25 bits per heavy atom. The molecule has 0 saturated carbocycles. The number of hydrogen-bond acceptors (Lipinski definition) is 5. The zero-order valence-electron chi connectivity index (χ0n) is 8.68. The lowest BCUT2D eigenvalue weighted by Crippen LogP contribution is -2.33. The summed E-state index contributed by atoms with van der Waals surface area (Å²) in [4.78, 5) is 9.11. The number of aliphatic hydroxyl groups excluding tert-OH is 1. The van der Waals surface area contributed by atoms with Crippen molar-refractivity contribution in [1.82, 2.24) is 9.97 Å². The highest BCUT2D eigenvalue weighted by atomic mass is 19.3. The third kappa shape index (κ3) is 3.67. The molecule has 5 nitrogen and oxygen atoms in total. The van der Waals surface area contributed by atoms with E-state index in [9.17, 15) is 8.78 Å². The van der Waals surface area contributed by atoms with E-state index in [2.05, 4.69) is 9.97 Å². The molecule has 1 aromatic rings. The molecule has 0 spiro atoms. The monoisotopic (exact) mass is 232 g/mol. The third-order valence-corrected chi connectivity index (χ3v) is 1.92. The van der Waals surface area contributed by atoms with Crippen molar-refractivity contribution < 1.29 is 13.9 Å². The molecule has 1 heterocycles. The van der Waals surface area contributed by atoms with Gasteiger partial charge < -0.3 is 15.7 Å². The van der Waals surface area contributed by atoms with Crippen molar-refractivity contribution in [3.63, 3.8) is 0 Å². The molecule has 0 atom stereocenters. The molecule has 90 valence electrons. The van der Waals surface area contributed by atoms with E-state index in [1.807, 2.05) is 0 Å². The van der Waals surface area contributed by atoms with Gasteiger partial charge in [-0.1, -0.05) is 0 Å². The predicted molar refractivity (Wildman–Crippen MR) is 55.2 cm³/mol. The molecule has 3 N–H and O–H groups in total. The van der Waals surface area contributed by atoms with Crippen molar-refractivity contribution in [3.05, 3.63) is 18.0 Å². The topological polar surface area (TPSA) is 75.3 Å². The maximum Gasteiger partial charge on any atom is 0.255 e. The van der Waals surface area contributed by atoms with Crippen LogP contribution in [0.25, 0.3) is 0 Å². The number of anilines is 1. The van der Waals surface area contributed by atoms with Gasteiger partial charge in [0.25, 0.3) is 6.43 Å². The summed E-state index contributed by atoms with van der Waals surface area (Å²) in [5, 5.41) is 8.77. The average Bonchev–Trinajstić information content (AvgIpc) is 2.28. The number of hydrogen-bond donors (Lipinski definition) is 2. The smallest absolute Gasteiger partial charge is 0.255 e. The van der Waals surface area contributed by atoms with Gasteiger partial charge in [-0.3, -0.25) is 0 Å². The molecule has 0 fully saturated rings. The Labute approximate surface area is 91.9 Å². The zero-order chi connectivity index (χ0) is 12.0. The van der Waals surface area contributed by atoms with E-state index in [0.29, 0.717) is 5.69 Å². The maximum absolute atomic E-state index is 12.3. The summed E-state index contributed by atoms with van der Waals surface area (Å²) in [7, 11) is 0. The maximum atomic E-state index is 12.3. The van der Waals surface area contributed by atoms with Crippen LogP contribution in [0.15, 0.2) is 12.3 Å². The number of aromatic nitrogens is 2. The van der Waals surface area contributed by atoms with Gasteiger partial charge in [-0.05, 0) is 6.07 Å². The Morgan fingerprint density at radius 3 is 2.81 bits per heavy atom. The summed E-state index contributed by atoms with van der Waals surface area (Å²) < 4.78 is 24.5. The van der Waals surface area contributed by atoms with E-state index in [4.69, 9.17) is 10.8 Å². The van der Waals surface area contributed by atoms with E-state index >= 15 is 0 Å². The van der Waals surface area contributed by atoms with Crippen LogP contribution in [0.3, 0.4) is 0 Å². The fourth-order valence-corrected chi connectivity index (χ4v) is 1.21. The summed E-state index contributed by atoms with van der Waals surface area (Å²) in [5.41, 5.74) is 5.96. The standard InChI is InChI=1S/C9H14F2N4O/c10-8(11)6-15(3-4-16)9-13-2-1-7(5-12)14-9/h1-2,8,16H,3-6,12H2. The van der Waals surface area contributed by atoms with Gasteiger partial charge in [-0.15, -0.1) is 0 Å². The highest BCUT2D eigenvalue weighted by molar-refractivity contribution is 5.30. The van der Waals surface area contributed by atoms with Crippen LogP contribution < -0.4 is 10.6 Å². The van der Waals surface area contributed by atoms with Gasteiger partial charge in [-0.25, -0.2) is 18.7 Å². The highest BCUT2D eigenvalue weighted by Gasteiger charge is 2.14. The number of nitrogens with two attached hydrogens (primary N) is 1. The van der Waals surface area contributed by atoms with Crippen molar-refractivity contribution in [2.24, 2.45) is 5.73 Å². The van der Waals surface area contributed by atoms with Crippen molar-refractivity contribution in [2.75, 3.05) is 24.6 Å². The molecular formula is C9H14F2N4O. The molecule has 0 aliphatic rings. The van der Waals surface area contributed by atoms with Crippen LogP contribution in [0.2, 0.25) is 0 Å². The molecule has 0 amide bonds. The summed E-state index contributed by atoms with van der Waals surface area (Å²) >= 11 is 0. The Hall–Kier alpha value is -1.34. The molecule has 1 rings (SSSR count). The Morgan fingerprint density at radius 1 is 1.50 bits per heavy atom. The Balaban J connectivity index is 2.82. The number of alkyl halides is 2. The normalized spacial score (nSPS) is 10.8. The molecule has 0 unspecified atom stereocenters. The first-order chi connectivity index (χ1) is 7.67. The van der Waals surface area contributed by atoms with Crippen LogP contribution in [-0.4, -0.2) is 41.2 Å². The molecule has 0 aliphatic heterocycles. The fourth-order valence-electron chi connectivity index (χ4n) is 1.21. The number of nitrogens with zero attached hydrogens (tertiary/aromatic N) is 3. The highest BCUT2D eigenvalue weighted by Crippen LogP contribution is 2.09. The molecule has 16 heavy (non-hydrogen) atoms. The van der Waals surface area contributed by atoms with Gasteiger partial charge in [0.15, 0.2) is 0 Å². The van der Waals surface area contributed by atoms with Crippen molar-refractivity contribution in [3.8, 4) is 0 Å². The lowest BCUT2D eigenvalue weighted by Gasteiger charge is -2.21. The largest absolute Gasteiger partial charge is 0.395 e. The summed E-state index contributed by atoms with van der Waals surface area (Å²) in [6.45, 7) is -0.451. The third-order valence-electron chi connectivity index (χ3n) is 1.92. The summed E-state index contributed by atoms with van der Waals surface area (Å²) in [6.07, 6.45) is -1.04. The fraction of sp³-hybridized carbons (Fsp3) is 0.556. The molecule has 1 aromatic heterocycles. The van der Waals surface area contributed by atoms with Crippen LogP contribution in [-0.2, 0) is 6.54 Å². The molecule has 0 saturated heterocycles. The number of rotatable bonds is 6. The number of aliphatic hydroxyl groups is 1. The Kier molecular flexibility index (Phi) is 5.00. The van der Waals surface area contributed by atoms with Crippen LogP contribution >= 0.6 is 0 Å². The molecule has 7 heteroatoms. The minimum atomic E-state index is -2.50. The van der Waals surface area contributed by atoms with Crippen LogP contribution in [0.1, 0.15) is 5.69 Å². The van der Waals surface area contributed by atoms with Crippen LogP contribution in [0.4, 0.5) is 14.7 Å². The van der Waals surface area contributed by atoms with Gasteiger partial charge in [0.05, 0.1) is 18.8 Å². The Bertz CT molecular complexity index is 324. The molecule has 0 aliphatic carbocycles. The SMILES string of the molecule is NCc1ccnc(N(CCO)CC(F)F)n1. The van der Waals surface area contributed by atoms with Gasteiger partial charge >= 0.3 is 0 Å². The molecule has 0 radical (unpaired) electrons. The lowest BCUT2D eigenvalue weighted by molar-refractivity contribution is 0.152. The zero-order valence-corrected chi connectivity index (χ0v) is 8.68. The van der Waals surface area contributed by atoms with Crippen molar-refractivity contribution >= 4 is 5.95 Å². The first kappa shape index (κ1) is 12.7. The predicted octanol–water partition coefficient (Wildman–Crippen LogP) is -0.000900.